The number of nitriles is 1. The van der Waals surface area contributed by atoms with Gasteiger partial charge in [-0.2, -0.15) is 5.26 Å². The van der Waals surface area contributed by atoms with Crippen LogP contribution >= 0.6 is 11.8 Å². The lowest BCUT2D eigenvalue weighted by Gasteiger charge is -2.29. The van der Waals surface area contributed by atoms with Crippen LogP contribution in [0.1, 0.15) is 35.1 Å². The van der Waals surface area contributed by atoms with E-state index in [0.717, 1.165) is 22.4 Å². The molecule has 0 saturated heterocycles. The van der Waals surface area contributed by atoms with Crippen LogP contribution < -0.4 is 20.1 Å². The Kier molecular flexibility index (Phi) is 10.9. The van der Waals surface area contributed by atoms with E-state index in [0.29, 0.717) is 34.4 Å². The molecule has 0 spiro atoms. The highest BCUT2D eigenvalue weighted by molar-refractivity contribution is 8.03. The number of allylic oxidation sites excluding steroid dienone is 2. The summed E-state index contributed by atoms with van der Waals surface area (Å²) in [5.74, 6) is -0.551. The first kappa shape index (κ1) is 32.0. The molecule has 226 valence electrons. The van der Waals surface area contributed by atoms with Gasteiger partial charge in [-0.25, -0.2) is 4.79 Å². The Labute approximate surface area is 262 Å². The summed E-state index contributed by atoms with van der Waals surface area (Å²) in [5, 5.41) is 17.0. The van der Waals surface area contributed by atoms with E-state index in [1.807, 2.05) is 62.4 Å². The van der Waals surface area contributed by atoms with Crippen molar-refractivity contribution in [2.24, 2.45) is 0 Å². The lowest BCUT2D eigenvalue weighted by molar-refractivity contribution is -0.138. The number of aryl methyl sites for hydroxylation is 2. The number of nitrogens with zero attached hydrogens (tertiary/aromatic N) is 1. The topological polar surface area (TPSA) is 110 Å². The Morgan fingerprint density at radius 3 is 2.55 bits per heavy atom. The summed E-state index contributed by atoms with van der Waals surface area (Å²) < 4.78 is 17.1. The Bertz CT molecular complexity index is 1660. The zero-order valence-corrected chi connectivity index (χ0v) is 26.0. The van der Waals surface area contributed by atoms with Crippen LogP contribution in [0, 0.1) is 25.2 Å². The number of amides is 1. The van der Waals surface area contributed by atoms with Crippen molar-refractivity contribution < 1.29 is 23.8 Å². The number of rotatable bonds is 12. The quantitative estimate of drug-likeness (QED) is 0.173. The summed E-state index contributed by atoms with van der Waals surface area (Å²) in [6, 6.07) is 23.2. The second-order valence-electron chi connectivity index (χ2n) is 10.2. The van der Waals surface area contributed by atoms with Crippen LogP contribution in [-0.4, -0.2) is 31.3 Å². The highest BCUT2D eigenvalue weighted by Crippen LogP contribution is 2.43. The van der Waals surface area contributed by atoms with Crippen LogP contribution in [0.5, 0.6) is 11.5 Å². The van der Waals surface area contributed by atoms with Crippen LogP contribution in [0.3, 0.4) is 0 Å². The van der Waals surface area contributed by atoms with E-state index >= 15 is 0 Å². The van der Waals surface area contributed by atoms with Gasteiger partial charge < -0.3 is 24.8 Å². The van der Waals surface area contributed by atoms with Crippen LogP contribution in [0.4, 0.5) is 5.69 Å². The smallest absolute Gasteiger partial charge is 0.337 e. The number of anilines is 1. The van der Waals surface area contributed by atoms with Crippen molar-refractivity contribution in [1.82, 2.24) is 5.32 Å². The van der Waals surface area contributed by atoms with E-state index < -0.39 is 11.9 Å². The van der Waals surface area contributed by atoms with Crippen molar-refractivity contribution in [2.45, 2.75) is 33.3 Å². The van der Waals surface area contributed by atoms with Crippen molar-refractivity contribution in [1.29, 1.82) is 5.26 Å². The molecule has 2 N–H and O–H groups in total. The molecule has 0 radical (unpaired) electrons. The van der Waals surface area contributed by atoms with E-state index in [2.05, 4.69) is 23.3 Å². The fraction of sp³-hybridized carbons (Fsp3) is 0.229. The maximum atomic E-state index is 13.3. The number of benzene rings is 3. The van der Waals surface area contributed by atoms with Gasteiger partial charge in [-0.05, 0) is 61.2 Å². The van der Waals surface area contributed by atoms with Crippen LogP contribution in [-0.2, 0) is 20.9 Å². The van der Waals surface area contributed by atoms with Gasteiger partial charge in [0, 0.05) is 11.4 Å². The number of nitrogens with one attached hydrogen (secondary N) is 2. The minimum atomic E-state index is -0.778. The average Bonchev–Trinajstić information content (AvgIpc) is 3.03. The number of hydrogen-bond donors (Lipinski definition) is 2. The van der Waals surface area contributed by atoms with Gasteiger partial charge in [-0.15, -0.1) is 0 Å². The standard InChI is InChI=1S/C35H35N3O5S/c1-6-16-42-35(40)32-24(4)37-34(44-21-31(39)38-28-17-22(2)12-13-23(28)3)27(19-36)33(32)26-14-15-29(30(18-26)41-5)43-20-25-10-8-7-9-11-25/h6-15,17-18,33,37H,1,16,20-21H2,2-5H3,(H,38,39)/t33-/m1/s1. The second kappa shape index (κ2) is 15.0. The Morgan fingerprint density at radius 2 is 1.84 bits per heavy atom. The molecule has 3 aromatic rings. The van der Waals surface area contributed by atoms with Gasteiger partial charge in [0.1, 0.15) is 13.2 Å². The predicted molar refractivity (Wildman–Crippen MR) is 173 cm³/mol. The summed E-state index contributed by atoms with van der Waals surface area (Å²) in [4.78, 5) is 26.2. The van der Waals surface area contributed by atoms with Crippen LogP contribution in [0.25, 0.3) is 0 Å². The summed E-state index contributed by atoms with van der Waals surface area (Å²) in [6.07, 6.45) is 1.48. The van der Waals surface area contributed by atoms with Gasteiger partial charge in [0.25, 0.3) is 0 Å². The first-order chi connectivity index (χ1) is 21.2. The fourth-order valence-electron chi connectivity index (χ4n) is 4.76. The first-order valence-corrected chi connectivity index (χ1v) is 15.0. The number of carbonyl (C=O) groups is 2. The molecule has 3 aromatic carbocycles. The van der Waals surface area contributed by atoms with E-state index in [4.69, 9.17) is 14.2 Å². The minimum Gasteiger partial charge on any atom is -0.493 e. The molecule has 1 amide bonds. The molecule has 0 fully saturated rings. The molecule has 0 saturated carbocycles. The van der Waals surface area contributed by atoms with Crippen molar-refractivity contribution in [3.8, 4) is 17.6 Å². The van der Waals surface area contributed by atoms with Crippen LogP contribution in [0.15, 0.2) is 101 Å². The summed E-state index contributed by atoms with van der Waals surface area (Å²) in [5.41, 5.74) is 5.45. The summed E-state index contributed by atoms with van der Waals surface area (Å²) >= 11 is 1.20. The van der Waals surface area contributed by atoms with Crippen LogP contribution in [0.2, 0.25) is 0 Å². The SMILES string of the molecule is C=CCOC(=O)C1=C(C)NC(SCC(=O)Nc2cc(C)ccc2C)=C(C#N)[C@H]1c1ccc(OCc2ccccc2)c(OC)c1. The lowest BCUT2D eigenvalue weighted by atomic mass is 9.82. The number of esters is 1. The van der Waals surface area contributed by atoms with Gasteiger partial charge in [-0.3, -0.25) is 4.79 Å². The third-order valence-corrected chi connectivity index (χ3v) is 7.99. The van der Waals surface area contributed by atoms with Gasteiger partial charge in [0.15, 0.2) is 11.5 Å². The second-order valence-corrected chi connectivity index (χ2v) is 11.2. The van der Waals surface area contributed by atoms with E-state index in [1.165, 1.54) is 24.9 Å². The fourth-order valence-corrected chi connectivity index (χ4v) is 5.65. The van der Waals surface area contributed by atoms with E-state index in [-0.39, 0.29) is 29.4 Å². The molecule has 4 rings (SSSR count). The number of hydrogen-bond acceptors (Lipinski definition) is 8. The average molecular weight is 610 g/mol. The monoisotopic (exact) mass is 609 g/mol. The van der Waals surface area contributed by atoms with Gasteiger partial charge in [-0.1, -0.05) is 72.9 Å². The zero-order valence-electron chi connectivity index (χ0n) is 25.2. The molecule has 0 aliphatic carbocycles. The number of ether oxygens (including phenoxy) is 3. The summed E-state index contributed by atoms with van der Waals surface area (Å²) in [6.45, 7) is 9.63. The molecule has 0 unspecified atom stereocenters. The van der Waals surface area contributed by atoms with Crippen molar-refractivity contribution in [3.63, 3.8) is 0 Å². The molecule has 1 atom stereocenters. The Morgan fingerprint density at radius 1 is 1.07 bits per heavy atom. The normalized spacial score (nSPS) is 14.3. The highest BCUT2D eigenvalue weighted by Gasteiger charge is 2.36. The first-order valence-electron chi connectivity index (χ1n) is 14.0. The molecule has 0 aromatic heterocycles. The van der Waals surface area contributed by atoms with Crippen molar-refractivity contribution >= 4 is 29.3 Å². The molecule has 9 heteroatoms. The number of thioether (sulfide) groups is 1. The van der Waals surface area contributed by atoms with E-state index in [9.17, 15) is 14.9 Å². The lowest BCUT2D eigenvalue weighted by Crippen LogP contribution is -2.29. The van der Waals surface area contributed by atoms with Crippen molar-refractivity contribution in [2.75, 3.05) is 24.8 Å². The number of dihydropyridines is 1. The van der Waals surface area contributed by atoms with Gasteiger partial charge in [0.2, 0.25) is 5.91 Å². The number of methoxy groups -OCH3 is 1. The molecule has 1 aliphatic rings. The highest BCUT2D eigenvalue weighted by atomic mass is 32.2. The Hall–Kier alpha value is -4.94. The van der Waals surface area contributed by atoms with Gasteiger partial charge in [0.05, 0.1) is 41.0 Å². The number of carbonyl (C=O) groups excluding carboxylic acids is 2. The maximum Gasteiger partial charge on any atom is 0.337 e. The Balaban J connectivity index is 1.65. The third kappa shape index (κ3) is 7.71. The molecule has 8 nitrogen and oxygen atoms in total. The van der Waals surface area contributed by atoms with E-state index in [1.54, 1.807) is 25.1 Å². The third-order valence-electron chi connectivity index (χ3n) is 6.97. The predicted octanol–water partition coefficient (Wildman–Crippen LogP) is 6.69. The molecular weight excluding hydrogens is 574 g/mol. The molecule has 0 bridgehead atoms. The molecule has 44 heavy (non-hydrogen) atoms. The minimum absolute atomic E-state index is 0.0175. The zero-order chi connectivity index (χ0) is 31.6. The molecule has 1 heterocycles. The van der Waals surface area contributed by atoms with Gasteiger partial charge >= 0.3 is 5.97 Å². The van der Waals surface area contributed by atoms with Crippen molar-refractivity contribution in [3.05, 3.63) is 124 Å². The molecular formula is C35H35N3O5S. The maximum absolute atomic E-state index is 13.3. The molecule has 1 aliphatic heterocycles. The summed E-state index contributed by atoms with van der Waals surface area (Å²) in [7, 11) is 1.54. The largest absolute Gasteiger partial charge is 0.493 e.